The first-order valence-electron chi connectivity index (χ1n) is 8.84. The molecule has 1 unspecified atom stereocenters. The van der Waals surface area contributed by atoms with Crippen molar-refractivity contribution in [2.75, 3.05) is 0 Å². The van der Waals surface area contributed by atoms with E-state index in [0.29, 0.717) is 5.92 Å². The van der Waals surface area contributed by atoms with Gasteiger partial charge < -0.3 is 4.79 Å². The Bertz CT molecular complexity index is 171. The van der Waals surface area contributed by atoms with Crippen LogP contribution in [0.3, 0.4) is 0 Å². The lowest BCUT2D eigenvalue weighted by atomic mass is 10.0. The Morgan fingerprint density at radius 1 is 0.850 bits per heavy atom. The first kappa shape index (κ1) is 24.7. The third-order valence-electron chi connectivity index (χ3n) is 3.19. The highest BCUT2D eigenvalue weighted by Crippen LogP contribution is 2.11. The summed E-state index contributed by atoms with van der Waals surface area (Å²) in [6, 6.07) is 0. The highest BCUT2D eigenvalue weighted by Gasteiger charge is 1.96. The summed E-state index contributed by atoms with van der Waals surface area (Å²) in [6.07, 6.45) is 10.4. The third-order valence-corrected chi connectivity index (χ3v) is 3.19. The van der Waals surface area contributed by atoms with E-state index in [2.05, 4.69) is 34.6 Å². The van der Waals surface area contributed by atoms with E-state index in [1.165, 1.54) is 44.9 Å². The van der Waals surface area contributed by atoms with E-state index < -0.39 is 0 Å². The number of Topliss-reactive ketones (excluding diaryl/α,β-unsaturated/α-hetero) is 1. The molecule has 0 heterocycles. The van der Waals surface area contributed by atoms with Crippen LogP contribution in [-0.2, 0) is 4.79 Å². The van der Waals surface area contributed by atoms with Crippen molar-refractivity contribution in [3.63, 3.8) is 0 Å². The fourth-order valence-electron chi connectivity index (χ4n) is 1.52. The van der Waals surface area contributed by atoms with Crippen LogP contribution in [0.2, 0.25) is 0 Å². The highest BCUT2D eigenvalue weighted by molar-refractivity contribution is 5.75. The van der Waals surface area contributed by atoms with Gasteiger partial charge in [0.05, 0.1) is 0 Å². The van der Waals surface area contributed by atoms with Crippen molar-refractivity contribution in [2.45, 2.75) is 107 Å². The topological polar surface area (TPSA) is 17.1 Å². The van der Waals surface area contributed by atoms with E-state index in [9.17, 15) is 4.79 Å². The number of unbranched alkanes of at least 4 members (excludes halogenated alkanes) is 3. The molecule has 0 aliphatic heterocycles. The lowest BCUT2D eigenvalue weighted by Gasteiger charge is -2.05. The average molecular weight is 287 g/mol. The maximum absolute atomic E-state index is 10.3. The molecule has 1 atom stereocenters. The van der Waals surface area contributed by atoms with Gasteiger partial charge in [0.15, 0.2) is 0 Å². The maximum atomic E-state index is 10.3. The van der Waals surface area contributed by atoms with Gasteiger partial charge in [-0.2, -0.15) is 0 Å². The fourth-order valence-corrected chi connectivity index (χ4v) is 1.52. The van der Waals surface area contributed by atoms with Gasteiger partial charge >= 0.3 is 0 Å². The summed E-state index contributed by atoms with van der Waals surface area (Å²) in [7, 11) is 0. The van der Waals surface area contributed by atoms with Gasteiger partial charge in [0.2, 0.25) is 0 Å². The van der Waals surface area contributed by atoms with E-state index in [1.54, 1.807) is 6.92 Å². The zero-order valence-corrected chi connectivity index (χ0v) is 15.7. The predicted octanol–water partition coefficient (Wildman–Crippen LogP) is 7.04. The number of carbonyl (C=O) groups excluding carboxylic acids is 1. The van der Waals surface area contributed by atoms with Gasteiger partial charge in [-0.1, -0.05) is 93.4 Å². The minimum Gasteiger partial charge on any atom is -0.300 e. The second-order valence-corrected chi connectivity index (χ2v) is 6.31. The second kappa shape index (κ2) is 21.0. The summed E-state index contributed by atoms with van der Waals surface area (Å²) in [5, 5.41) is 0. The van der Waals surface area contributed by atoms with Crippen molar-refractivity contribution >= 4 is 5.78 Å². The minimum absolute atomic E-state index is 0.287. The molecule has 0 aromatic rings. The average Bonchev–Trinajstić information content (AvgIpc) is 2.38. The first-order chi connectivity index (χ1) is 9.35. The number of hydrogen-bond donors (Lipinski definition) is 0. The Labute approximate surface area is 129 Å². The highest BCUT2D eigenvalue weighted by atomic mass is 16.1. The summed E-state index contributed by atoms with van der Waals surface area (Å²) in [5.41, 5.74) is 0. The molecule has 0 aliphatic carbocycles. The largest absolute Gasteiger partial charge is 0.300 e. The Hall–Kier alpha value is -0.330. The second-order valence-electron chi connectivity index (χ2n) is 6.31. The van der Waals surface area contributed by atoms with Gasteiger partial charge in [0.25, 0.3) is 0 Å². The van der Waals surface area contributed by atoms with E-state index in [1.807, 2.05) is 13.8 Å². The lowest BCUT2D eigenvalue weighted by molar-refractivity contribution is -0.117. The Balaban J connectivity index is -0.000000234. The molecular weight excluding hydrogens is 244 g/mol. The van der Waals surface area contributed by atoms with Crippen molar-refractivity contribution in [2.24, 2.45) is 11.8 Å². The molecule has 0 N–H and O–H groups in total. The molecule has 0 spiro atoms. The molecule has 0 aromatic heterocycles. The molecule has 0 bridgehead atoms. The Morgan fingerprint density at radius 2 is 1.35 bits per heavy atom. The molecule has 20 heavy (non-hydrogen) atoms. The van der Waals surface area contributed by atoms with Gasteiger partial charge in [0, 0.05) is 6.42 Å². The van der Waals surface area contributed by atoms with Crippen molar-refractivity contribution in [3.8, 4) is 0 Å². The van der Waals surface area contributed by atoms with E-state index >= 15 is 0 Å². The smallest absolute Gasteiger partial charge is 0.130 e. The van der Waals surface area contributed by atoms with Crippen molar-refractivity contribution in [1.29, 1.82) is 0 Å². The van der Waals surface area contributed by atoms with Crippen molar-refractivity contribution in [3.05, 3.63) is 0 Å². The van der Waals surface area contributed by atoms with E-state index in [-0.39, 0.29) is 5.78 Å². The minimum atomic E-state index is 0.287. The van der Waals surface area contributed by atoms with Crippen LogP contribution in [0, 0.1) is 11.8 Å². The molecular formula is C19H42O. The van der Waals surface area contributed by atoms with Crippen LogP contribution in [0.15, 0.2) is 0 Å². The molecule has 0 fully saturated rings. The van der Waals surface area contributed by atoms with Gasteiger partial charge in [-0.05, 0) is 18.8 Å². The molecule has 0 saturated carbocycles. The van der Waals surface area contributed by atoms with Crippen LogP contribution in [0.5, 0.6) is 0 Å². The third kappa shape index (κ3) is 36.1. The van der Waals surface area contributed by atoms with Crippen LogP contribution in [0.4, 0.5) is 0 Å². The molecule has 1 nitrogen and oxygen atoms in total. The molecule has 1 heteroatoms. The zero-order valence-electron chi connectivity index (χ0n) is 15.7. The van der Waals surface area contributed by atoms with Crippen LogP contribution >= 0.6 is 0 Å². The summed E-state index contributed by atoms with van der Waals surface area (Å²) in [6.45, 7) is 17.0. The Kier molecular flexibility index (Phi) is 25.9. The number of carbonyl (C=O) groups is 1. The maximum Gasteiger partial charge on any atom is 0.130 e. The quantitative estimate of drug-likeness (QED) is 0.437. The summed E-state index contributed by atoms with van der Waals surface area (Å²) in [5.74, 6) is 1.77. The molecule has 0 aromatic carbocycles. The van der Waals surface area contributed by atoms with Gasteiger partial charge in [-0.25, -0.2) is 0 Å². The molecule has 0 radical (unpaired) electrons. The van der Waals surface area contributed by atoms with Crippen LogP contribution in [0.1, 0.15) is 107 Å². The normalized spacial score (nSPS) is 11.1. The molecule has 0 rings (SSSR count). The number of ketones is 1. The molecule has 0 saturated heterocycles. The van der Waals surface area contributed by atoms with Crippen molar-refractivity contribution in [1.82, 2.24) is 0 Å². The standard InChI is InChI=1S/C9H20.C6H12O.C4H10/c1-4-6-7-8-9(3)5-2;1-5(2)4-6(3)7;1-3-4-2/h9H,4-8H2,1-3H3;5H,4H2,1-3H3;3-4H2,1-2H3. The number of hydrogen-bond acceptors (Lipinski definition) is 1. The molecule has 0 aliphatic rings. The molecule has 0 amide bonds. The van der Waals surface area contributed by atoms with E-state index in [4.69, 9.17) is 0 Å². The van der Waals surface area contributed by atoms with Crippen LogP contribution in [-0.4, -0.2) is 5.78 Å². The summed E-state index contributed by atoms with van der Waals surface area (Å²) < 4.78 is 0. The monoisotopic (exact) mass is 286 g/mol. The van der Waals surface area contributed by atoms with Gasteiger partial charge in [-0.15, -0.1) is 0 Å². The zero-order chi connectivity index (χ0) is 16.4. The molecule has 124 valence electrons. The Morgan fingerprint density at radius 3 is 1.55 bits per heavy atom. The van der Waals surface area contributed by atoms with E-state index in [0.717, 1.165) is 12.3 Å². The van der Waals surface area contributed by atoms with Crippen molar-refractivity contribution < 1.29 is 4.79 Å². The van der Waals surface area contributed by atoms with Gasteiger partial charge in [-0.3, -0.25) is 0 Å². The fraction of sp³-hybridized carbons (Fsp3) is 0.947. The van der Waals surface area contributed by atoms with Crippen LogP contribution in [0.25, 0.3) is 0 Å². The lowest BCUT2D eigenvalue weighted by Crippen LogP contribution is -1.95. The van der Waals surface area contributed by atoms with Gasteiger partial charge in [0.1, 0.15) is 5.78 Å². The SMILES string of the molecule is CC(=O)CC(C)C.CCCC.CCCCCC(C)CC. The van der Waals surface area contributed by atoms with Crippen LogP contribution < -0.4 is 0 Å². The number of rotatable bonds is 8. The summed E-state index contributed by atoms with van der Waals surface area (Å²) >= 11 is 0. The summed E-state index contributed by atoms with van der Waals surface area (Å²) in [4.78, 5) is 10.3. The predicted molar refractivity (Wildman–Crippen MR) is 94.3 cm³/mol. The first-order valence-corrected chi connectivity index (χ1v) is 8.84.